The van der Waals surface area contributed by atoms with E-state index in [1.54, 1.807) is 19.2 Å². The Labute approximate surface area is 182 Å². The van der Waals surface area contributed by atoms with Crippen molar-refractivity contribution in [2.45, 2.75) is 18.3 Å². The van der Waals surface area contributed by atoms with E-state index >= 15 is 0 Å². The molecule has 0 N–H and O–H groups in total. The molecule has 0 aromatic heterocycles. The molecule has 4 aromatic carbocycles. The molecular weight excluding hydrogens is 382 g/mol. The van der Waals surface area contributed by atoms with Crippen LogP contribution in [-0.4, -0.2) is 12.9 Å². The van der Waals surface area contributed by atoms with E-state index in [-0.39, 0.29) is 18.1 Å². The van der Waals surface area contributed by atoms with Crippen LogP contribution in [0.1, 0.15) is 39.7 Å². The Balaban J connectivity index is 1.77. The maximum Gasteiger partial charge on any atom is 0.163 e. The molecule has 0 aliphatic heterocycles. The lowest BCUT2D eigenvalue weighted by Gasteiger charge is -2.24. The summed E-state index contributed by atoms with van der Waals surface area (Å²) in [5.74, 6) is -0.0833. The highest BCUT2D eigenvalue weighted by Gasteiger charge is 2.29. The van der Waals surface area contributed by atoms with E-state index in [0.29, 0.717) is 11.3 Å². The van der Waals surface area contributed by atoms with Gasteiger partial charge in [-0.25, -0.2) is 0 Å². The molecule has 0 spiro atoms. The number of ketones is 1. The van der Waals surface area contributed by atoms with Crippen LogP contribution >= 0.6 is 0 Å². The van der Waals surface area contributed by atoms with E-state index in [1.807, 2.05) is 84.9 Å². The molecule has 0 fully saturated rings. The van der Waals surface area contributed by atoms with Gasteiger partial charge < -0.3 is 4.74 Å². The lowest BCUT2D eigenvalue weighted by Crippen LogP contribution is -2.15. The van der Waals surface area contributed by atoms with Crippen molar-refractivity contribution in [3.05, 3.63) is 114 Å². The molecule has 3 heteroatoms. The fourth-order valence-electron chi connectivity index (χ4n) is 4.14. The standard InChI is InChI=1S/C28H23NO2/c1-31-23-14-7-13-22(17-23)28(30)18-26(21-9-3-2-4-10-21)27(19-29)25-16-8-12-20-11-5-6-15-24(20)25/h2-17,26-27H,18H2,1H3/t26-,27-/m0/s1. The summed E-state index contributed by atoms with van der Waals surface area (Å²) >= 11 is 0. The van der Waals surface area contributed by atoms with Crippen LogP contribution in [-0.2, 0) is 0 Å². The number of nitrogens with zero attached hydrogens (tertiary/aromatic N) is 1. The number of hydrogen-bond donors (Lipinski definition) is 0. The average Bonchev–Trinajstić information content (AvgIpc) is 2.84. The van der Waals surface area contributed by atoms with Crippen LogP contribution < -0.4 is 4.74 Å². The highest BCUT2D eigenvalue weighted by Crippen LogP contribution is 2.39. The summed E-state index contributed by atoms with van der Waals surface area (Å²) < 4.78 is 5.28. The first-order chi connectivity index (χ1) is 15.2. The SMILES string of the molecule is COc1cccc(C(=O)C[C@@H](c2ccccc2)[C@@H](C#N)c2cccc3ccccc23)c1. The maximum atomic E-state index is 13.2. The van der Waals surface area contributed by atoms with Crippen LogP contribution in [0.25, 0.3) is 10.8 Å². The van der Waals surface area contributed by atoms with E-state index in [9.17, 15) is 10.1 Å². The number of methoxy groups -OCH3 is 1. The molecule has 0 aliphatic carbocycles. The Hall–Kier alpha value is -3.90. The molecule has 4 aromatic rings. The minimum Gasteiger partial charge on any atom is -0.497 e. The van der Waals surface area contributed by atoms with Crippen molar-refractivity contribution >= 4 is 16.6 Å². The van der Waals surface area contributed by atoms with Crippen LogP contribution in [0, 0.1) is 11.3 Å². The molecule has 0 radical (unpaired) electrons. The van der Waals surface area contributed by atoms with E-state index < -0.39 is 5.92 Å². The van der Waals surface area contributed by atoms with Gasteiger partial charge in [0, 0.05) is 17.9 Å². The van der Waals surface area contributed by atoms with E-state index in [2.05, 4.69) is 6.07 Å². The lowest BCUT2D eigenvalue weighted by atomic mass is 9.77. The van der Waals surface area contributed by atoms with Crippen LogP contribution in [0.2, 0.25) is 0 Å². The Kier molecular flexibility index (Phi) is 6.10. The highest BCUT2D eigenvalue weighted by molar-refractivity contribution is 5.97. The van der Waals surface area contributed by atoms with E-state index in [0.717, 1.165) is 21.9 Å². The Morgan fingerprint density at radius 1 is 0.903 bits per heavy atom. The first-order valence-electron chi connectivity index (χ1n) is 10.3. The zero-order valence-electron chi connectivity index (χ0n) is 17.4. The topological polar surface area (TPSA) is 50.1 Å². The molecule has 0 unspecified atom stereocenters. The smallest absolute Gasteiger partial charge is 0.163 e. The van der Waals surface area contributed by atoms with Gasteiger partial charge in [-0.1, -0.05) is 84.9 Å². The summed E-state index contributed by atoms with van der Waals surface area (Å²) in [5, 5.41) is 12.4. The fourth-order valence-corrected chi connectivity index (χ4v) is 4.14. The normalized spacial score (nSPS) is 12.6. The molecule has 2 atom stereocenters. The number of carbonyl (C=O) groups excluding carboxylic acids is 1. The Bertz CT molecular complexity index is 1240. The van der Waals surface area contributed by atoms with Gasteiger partial charge in [0.15, 0.2) is 5.78 Å². The number of ether oxygens (including phenoxy) is 1. The largest absolute Gasteiger partial charge is 0.497 e. The predicted molar refractivity (Wildman–Crippen MR) is 123 cm³/mol. The molecule has 3 nitrogen and oxygen atoms in total. The third-order valence-corrected chi connectivity index (χ3v) is 5.72. The molecule has 0 saturated heterocycles. The minimum atomic E-state index is -0.456. The first-order valence-corrected chi connectivity index (χ1v) is 10.3. The van der Waals surface area contributed by atoms with Crippen molar-refractivity contribution in [3.63, 3.8) is 0 Å². The minimum absolute atomic E-state index is 0.00626. The van der Waals surface area contributed by atoms with Gasteiger partial charge in [0.25, 0.3) is 0 Å². The number of hydrogen-bond acceptors (Lipinski definition) is 3. The quantitative estimate of drug-likeness (QED) is 0.329. The van der Waals surface area contributed by atoms with Gasteiger partial charge in [-0.3, -0.25) is 4.79 Å². The zero-order chi connectivity index (χ0) is 21.6. The van der Waals surface area contributed by atoms with Crippen LogP contribution in [0.4, 0.5) is 0 Å². The number of fused-ring (bicyclic) bond motifs is 1. The summed E-state index contributed by atoms with van der Waals surface area (Å²) in [5.41, 5.74) is 2.53. The monoisotopic (exact) mass is 405 g/mol. The summed E-state index contributed by atoms with van der Waals surface area (Å²) in [6.45, 7) is 0. The van der Waals surface area contributed by atoms with Crippen LogP contribution in [0.3, 0.4) is 0 Å². The number of nitriles is 1. The Morgan fingerprint density at radius 3 is 2.39 bits per heavy atom. The lowest BCUT2D eigenvalue weighted by molar-refractivity contribution is 0.0971. The van der Waals surface area contributed by atoms with Crippen molar-refractivity contribution < 1.29 is 9.53 Å². The summed E-state index contributed by atoms with van der Waals surface area (Å²) in [4.78, 5) is 13.2. The summed E-state index contributed by atoms with van der Waals surface area (Å²) in [7, 11) is 1.59. The van der Waals surface area contributed by atoms with Crippen molar-refractivity contribution in [1.29, 1.82) is 5.26 Å². The second kappa shape index (κ2) is 9.28. The van der Waals surface area contributed by atoms with Gasteiger partial charge in [0.2, 0.25) is 0 Å². The van der Waals surface area contributed by atoms with Crippen molar-refractivity contribution in [3.8, 4) is 11.8 Å². The molecule has 0 saturated carbocycles. The van der Waals surface area contributed by atoms with Gasteiger partial charge >= 0.3 is 0 Å². The van der Waals surface area contributed by atoms with Gasteiger partial charge in [0.05, 0.1) is 19.1 Å². The second-order valence-corrected chi connectivity index (χ2v) is 7.55. The average molecular weight is 405 g/mol. The van der Waals surface area contributed by atoms with Crippen molar-refractivity contribution in [2.75, 3.05) is 7.11 Å². The molecular formula is C28H23NO2. The maximum absolute atomic E-state index is 13.2. The fraction of sp³-hybridized carbons (Fsp3) is 0.143. The van der Waals surface area contributed by atoms with Crippen molar-refractivity contribution in [2.24, 2.45) is 0 Å². The highest BCUT2D eigenvalue weighted by atomic mass is 16.5. The summed E-state index contributed by atoms with van der Waals surface area (Å²) in [6.07, 6.45) is 0.235. The van der Waals surface area contributed by atoms with Gasteiger partial charge in [0.1, 0.15) is 5.75 Å². The number of Topliss-reactive ketones (excluding diaryl/α,β-unsaturated/α-hetero) is 1. The van der Waals surface area contributed by atoms with E-state index in [4.69, 9.17) is 4.74 Å². The number of carbonyl (C=O) groups is 1. The number of rotatable bonds is 7. The Morgan fingerprint density at radius 2 is 1.61 bits per heavy atom. The zero-order valence-corrected chi connectivity index (χ0v) is 17.4. The molecule has 152 valence electrons. The molecule has 31 heavy (non-hydrogen) atoms. The molecule has 0 aliphatic rings. The molecule has 0 amide bonds. The number of benzene rings is 4. The van der Waals surface area contributed by atoms with Crippen molar-refractivity contribution in [1.82, 2.24) is 0 Å². The molecule has 0 bridgehead atoms. The second-order valence-electron chi connectivity index (χ2n) is 7.55. The van der Waals surface area contributed by atoms with Gasteiger partial charge in [-0.2, -0.15) is 5.26 Å². The molecule has 4 rings (SSSR count). The first kappa shape index (κ1) is 20.4. The predicted octanol–water partition coefficient (Wildman–Crippen LogP) is 6.51. The third kappa shape index (κ3) is 4.34. The van der Waals surface area contributed by atoms with Gasteiger partial charge in [-0.15, -0.1) is 0 Å². The van der Waals surface area contributed by atoms with Crippen LogP contribution in [0.5, 0.6) is 5.75 Å². The summed E-state index contributed by atoms with van der Waals surface area (Å²) in [6, 6.07) is 33.7. The van der Waals surface area contributed by atoms with Crippen LogP contribution in [0.15, 0.2) is 97.1 Å². The van der Waals surface area contributed by atoms with E-state index in [1.165, 1.54) is 0 Å². The molecule has 0 heterocycles. The van der Waals surface area contributed by atoms with Gasteiger partial charge in [-0.05, 0) is 34.0 Å². The third-order valence-electron chi connectivity index (χ3n) is 5.72.